The monoisotopic (exact) mass is 287 g/mol. The first-order valence-corrected chi connectivity index (χ1v) is 6.34. The van der Waals surface area contributed by atoms with E-state index >= 15 is 0 Å². The number of benzene rings is 2. The number of nitro benzene ring substituents is 1. The predicted molar refractivity (Wildman–Crippen MR) is 82.5 cm³/mol. The largest absolute Gasteiger partial charge is 0.376 e. The Labute approximate surface area is 121 Å². The SMILES string of the molecule is NC(=S)N(Cc1ccccc1)c1ccc([N+](=O)[O-])cc1. The van der Waals surface area contributed by atoms with E-state index in [9.17, 15) is 10.1 Å². The van der Waals surface area contributed by atoms with Gasteiger partial charge in [-0.3, -0.25) is 10.1 Å². The minimum Gasteiger partial charge on any atom is -0.376 e. The Morgan fingerprint density at radius 2 is 1.75 bits per heavy atom. The summed E-state index contributed by atoms with van der Waals surface area (Å²) in [6.07, 6.45) is 0. The summed E-state index contributed by atoms with van der Waals surface area (Å²) in [5, 5.41) is 10.9. The first-order chi connectivity index (χ1) is 9.58. The molecule has 5 nitrogen and oxygen atoms in total. The maximum atomic E-state index is 10.6. The van der Waals surface area contributed by atoms with Crippen molar-refractivity contribution in [3.8, 4) is 0 Å². The molecular formula is C14H13N3O2S. The highest BCUT2D eigenvalue weighted by molar-refractivity contribution is 7.80. The second kappa shape index (κ2) is 6.12. The quantitative estimate of drug-likeness (QED) is 0.532. The second-order valence-corrected chi connectivity index (χ2v) is 4.60. The van der Waals surface area contributed by atoms with Crippen LogP contribution < -0.4 is 10.6 Å². The molecule has 0 saturated heterocycles. The van der Waals surface area contributed by atoms with Crippen molar-refractivity contribution in [3.05, 3.63) is 70.3 Å². The molecule has 0 aliphatic carbocycles. The highest BCUT2D eigenvalue weighted by Crippen LogP contribution is 2.21. The van der Waals surface area contributed by atoms with E-state index in [1.54, 1.807) is 17.0 Å². The number of hydrogen-bond donors (Lipinski definition) is 1. The van der Waals surface area contributed by atoms with Crippen molar-refractivity contribution in [1.82, 2.24) is 0 Å². The number of non-ortho nitro benzene ring substituents is 1. The van der Waals surface area contributed by atoms with Crippen molar-refractivity contribution >= 4 is 28.7 Å². The second-order valence-electron chi connectivity index (χ2n) is 4.18. The summed E-state index contributed by atoms with van der Waals surface area (Å²) in [6.45, 7) is 0.522. The van der Waals surface area contributed by atoms with Crippen LogP contribution in [0.4, 0.5) is 11.4 Å². The summed E-state index contributed by atoms with van der Waals surface area (Å²) in [4.78, 5) is 11.9. The maximum Gasteiger partial charge on any atom is 0.269 e. The summed E-state index contributed by atoms with van der Waals surface area (Å²) in [7, 11) is 0. The van der Waals surface area contributed by atoms with Crippen molar-refractivity contribution in [2.75, 3.05) is 4.90 Å². The van der Waals surface area contributed by atoms with Crippen LogP contribution in [-0.4, -0.2) is 10.0 Å². The Bertz CT molecular complexity index is 614. The maximum absolute atomic E-state index is 10.6. The van der Waals surface area contributed by atoms with Crippen LogP contribution in [0.1, 0.15) is 5.56 Å². The minimum absolute atomic E-state index is 0.0383. The van der Waals surface area contributed by atoms with E-state index in [0.717, 1.165) is 11.3 Å². The first kappa shape index (κ1) is 14.0. The van der Waals surface area contributed by atoms with Crippen molar-refractivity contribution < 1.29 is 4.92 Å². The molecule has 20 heavy (non-hydrogen) atoms. The van der Waals surface area contributed by atoms with Crippen molar-refractivity contribution in [2.45, 2.75) is 6.54 Å². The molecule has 2 rings (SSSR count). The molecule has 0 unspecified atom stereocenters. The molecule has 2 N–H and O–H groups in total. The summed E-state index contributed by atoms with van der Waals surface area (Å²) in [5.41, 5.74) is 7.56. The lowest BCUT2D eigenvalue weighted by Gasteiger charge is -2.22. The number of rotatable bonds is 4. The zero-order valence-electron chi connectivity index (χ0n) is 10.6. The van der Waals surface area contributed by atoms with E-state index in [1.165, 1.54) is 12.1 Å². The van der Waals surface area contributed by atoms with Crippen LogP contribution in [0.15, 0.2) is 54.6 Å². The molecule has 0 bridgehead atoms. The third kappa shape index (κ3) is 3.30. The molecule has 2 aromatic rings. The average Bonchev–Trinajstić information content (AvgIpc) is 2.45. The molecule has 0 aliphatic heterocycles. The number of nitrogens with two attached hydrogens (primary N) is 1. The van der Waals surface area contributed by atoms with E-state index in [2.05, 4.69) is 0 Å². The number of nitro groups is 1. The van der Waals surface area contributed by atoms with Crippen LogP contribution >= 0.6 is 12.2 Å². The van der Waals surface area contributed by atoms with Crippen molar-refractivity contribution in [2.24, 2.45) is 5.73 Å². The lowest BCUT2D eigenvalue weighted by molar-refractivity contribution is -0.384. The van der Waals surface area contributed by atoms with Crippen LogP contribution in [0.3, 0.4) is 0 Å². The fourth-order valence-corrected chi connectivity index (χ4v) is 1.99. The van der Waals surface area contributed by atoms with Gasteiger partial charge in [0.05, 0.1) is 11.5 Å². The highest BCUT2D eigenvalue weighted by Gasteiger charge is 2.12. The number of nitrogens with zero attached hydrogens (tertiary/aromatic N) is 2. The van der Waals surface area contributed by atoms with Crippen LogP contribution in [0.2, 0.25) is 0 Å². The molecule has 0 fully saturated rings. The van der Waals surface area contributed by atoms with Crippen LogP contribution in [-0.2, 0) is 6.54 Å². The molecule has 0 atom stereocenters. The molecule has 0 heterocycles. The Morgan fingerprint density at radius 1 is 1.15 bits per heavy atom. The van der Waals surface area contributed by atoms with E-state index in [1.807, 2.05) is 30.3 Å². The Kier molecular flexibility index (Phi) is 4.27. The van der Waals surface area contributed by atoms with Gasteiger partial charge >= 0.3 is 0 Å². The molecule has 0 spiro atoms. The van der Waals surface area contributed by atoms with Crippen molar-refractivity contribution in [3.63, 3.8) is 0 Å². The van der Waals surface area contributed by atoms with Gasteiger partial charge in [0, 0.05) is 17.8 Å². The lowest BCUT2D eigenvalue weighted by atomic mass is 10.2. The van der Waals surface area contributed by atoms with Gasteiger partial charge in [0.25, 0.3) is 5.69 Å². The van der Waals surface area contributed by atoms with E-state index < -0.39 is 4.92 Å². The molecule has 0 amide bonds. The van der Waals surface area contributed by atoms with E-state index in [0.29, 0.717) is 6.54 Å². The van der Waals surface area contributed by atoms with Crippen LogP contribution in [0, 0.1) is 10.1 Å². The summed E-state index contributed by atoms with van der Waals surface area (Å²) in [6, 6.07) is 15.9. The third-order valence-corrected chi connectivity index (χ3v) is 3.04. The zero-order valence-corrected chi connectivity index (χ0v) is 11.4. The van der Waals surface area contributed by atoms with Gasteiger partial charge in [-0.25, -0.2) is 0 Å². The van der Waals surface area contributed by atoms with Gasteiger partial charge in [0.1, 0.15) is 0 Å². The van der Waals surface area contributed by atoms with Crippen LogP contribution in [0.25, 0.3) is 0 Å². The van der Waals surface area contributed by atoms with Crippen LogP contribution in [0.5, 0.6) is 0 Å². The van der Waals surface area contributed by atoms with Gasteiger partial charge in [-0.1, -0.05) is 30.3 Å². The fourth-order valence-electron chi connectivity index (χ4n) is 1.82. The topological polar surface area (TPSA) is 72.4 Å². The average molecular weight is 287 g/mol. The van der Waals surface area contributed by atoms with Gasteiger partial charge in [-0.05, 0) is 29.9 Å². The molecule has 0 radical (unpaired) electrons. The predicted octanol–water partition coefficient (Wildman–Crippen LogP) is 2.85. The van der Waals surface area contributed by atoms with Gasteiger partial charge in [-0.2, -0.15) is 0 Å². The Balaban J connectivity index is 2.25. The normalized spacial score (nSPS) is 10.0. The Morgan fingerprint density at radius 3 is 2.25 bits per heavy atom. The van der Waals surface area contributed by atoms with Gasteiger partial charge < -0.3 is 10.6 Å². The molecule has 102 valence electrons. The summed E-state index contributed by atoms with van der Waals surface area (Å²) >= 11 is 5.05. The summed E-state index contributed by atoms with van der Waals surface area (Å²) < 4.78 is 0. The highest BCUT2D eigenvalue weighted by atomic mass is 32.1. The lowest BCUT2D eigenvalue weighted by Crippen LogP contribution is -2.34. The molecular weight excluding hydrogens is 274 g/mol. The Hall–Kier alpha value is -2.47. The molecule has 0 aromatic heterocycles. The standard InChI is InChI=1S/C14H13N3O2S/c15-14(20)16(10-11-4-2-1-3-5-11)12-6-8-13(9-7-12)17(18)19/h1-9H,10H2,(H2,15,20). The minimum atomic E-state index is -0.438. The number of anilines is 1. The van der Waals surface area contributed by atoms with E-state index in [-0.39, 0.29) is 10.8 Å². The first-order valence-electron chi connectivity index (χ1n) is 5.93. The van der Waals surface area contributed by atoms with Crippen molar-refractivity contribution in [1.29, 1.82) is 0 Å². The van der Waals surface area contributed by atoms with E-state index in [4.69, 9.17) is 18.0 Å². The fraction of sp³-hybridized carbons (Fsp3) is 0.0714. The number of thiocarbonyl (C=S) groups is 1. The number of hydrogen-bond acceptors (Lipinski definition) is 3. The molecule has 0 aliphatic rings. The van der Waals surface area contributed by atoms with Gasteiger partial charge in [0.2, 0.25) is 0 Å². The summed E-state index contributed by atoms with van der Waals surface area (Å²) in [5.74, 6) is 0. The van der Waals surface area contributed by atoms with Gasteiger partial charge in [-0.15, -0.1) is 0 Å². The third-order valence-electron chi connectivity index (χ3n) is 2.82. The molecule has 6 heteroatoms. The molecule has 0 saturated carbocycles. The smallest absolute Gasteiger partial charge is 0.269 e. The zero-order chi connectivity index (χ0) is 14.5. The molecule has 2 aromatic carbocycles. The van der Waals surface area contributed by atoms with Gasteiger partial charge in [0.15, 0.2) is 5.11 Å².